The number of alkyl carbamates (subject to hydrolysis) is 1. The molecule has 1 aromatic heterocycles. The van der Waals surface area contributed by atoms with E-state index in [1.807, 2.05) is 67.6 Å². The Balaban J connectivity index is 1.66. The number of nitrogens with zero attached hydrogens (tertiary/aromatic N) is 1. The van der Waals surface area contributed by atoms with E-state index in [0.29, 0.717) is 32.1 Å². The van der Waals surface area contributed by atoms with Crippen molar-refractivity contribution in [1.82, 2.24) is 20.5 Å². The zero-order valence-electron chi connectivity index (χ0n) is 20.4. The zero-order valence-corrected chi connectivity index (χ0v) is 21.9. The molecule has 0 saturated heterocycles. The third kappa shape index (κ3) is 9.60. The number of carbonyl (C=O) groups is 2. The van der Waals surface area contributed by atoms with E-state index in [1.165, 1.54) is 11.3 Å². The third-order valence-corrected chi connectivity index (χ3v) is 6.88. The highest BCUT2D eigenvalue weighted by molar-refractivity contribution is 7.09. The van der Waals surface area contributed by atoms with Gasteiger partial charge < -0.3 is 15.4 Å². The molecule has 36 heavy (non-hydrogen) atoms. The minimum atomic E-state index is -0.468. The number of thiazole rings is 1. The predicted molar refractivity (Wildman–Crippen MR) is 144 cm³/mol. The Hall–Kier alpha value is -2.94. The molecule has 0 radical (unpaired) electrons. The molecule has 3 atom stereocenters. The van der Waals surface area contributed by atoms with Crippen LogP contribution in [0, 0.1) is 0 Å². The highest BCUT2D eigenvalue weighted by Gasteiger charge is 2.22. The highest BCUT2D eigenvalue weighted by Crippen LogP contribution is 2.14. The number of aromatic nitrogens is 1. The van der Waals surface area contributed by atoms with E-state index in [1.54, 1.807) is 11.7 Å². The fourth-order valence-corrected chi connectivity index (χ4v) is 4.68. The predicted octanol–water partition coefficient (Wildman–Crippen LogP) is 5.01. The van der Waals surface area contributed by atoms with Crippen LogP contribution >= 0.6 is 23.1 Å². The summed E-state index contributed by atoms with van der Waals surface area (Å²) >= 11 is 7.21. The van der Waals surface area contributed by atoms with Gasteiger partial charge in [0.2, 0.25) is 5.91 Å². The molecule has 0 aliphatic heterocycles. The lowest BCUT2D eigenvalue weighted by Crippen LogP contribution is -2.46. The lowest BCUT2D eigenvalue weighted by molar-refractivity contribution is -0.123. The topological polar surface area (TPSA) is 92.4 Å². The first kappa shape index (κ1) is 27.6. The van der Waals surface area contributed by atoms with E-state index >= 15 is 0 Å². The van der Waals surface area contributed by atoms with E-state index in [2.05, 4.69) is 20.5 Å². The quantitative estimate of drug-likeness (QED) is 0.256. The number of carbonyl (C=O) groups excluding carboxylic acids is 2. The van der Waals surface area contributed by atoms with E-state index in [4.69, 9.17) is 16.5 Å². The Kier molecular flexibility index (Phi) is 11.7. The van der Waals surface area contributed by atoms with Gasteiger partial charge in [-0.05, 0) is 55.0 Å². The summed E-state index contributed by atoms with van der Waals surface area (Å²) in [6, 6.07) is 19.3. The summed E-state index contributed by atoms with van der Waals surface area (Å²) in [7, 11) is 0. The van der Waals surface area contributed by atoms with Crippen LogP contribution in [0.2, 0.25) is 0 Å². The molecule has 0 fully saturated rings. The Bertz CT molecular complexity index is 1030. The number of hydrogen-bond acceptors (Lipinski definition) is 6. The van der Waals surface area contributed by atoms with Gasteiger partial charge in [0.25, 0.3) is 0 Å². The average molecular weight is 529 g/mol. The minimum Gasteiger partial charge on any atom is -0.444 e. The van der Waals surface area contributed by atoms with Crippen LogP contribution < -0.4 is 15.5 Å². The third-order valence-electron chi connectivity index (χ3n) is 5.87. The summed E-state index contributed by atoms with van der Waals surface area (Å²) in [5.74, 6) is -0.134. The maximum atomic E-state index is 12.8. The van der Waals surface area contributed by atoms with Gasteiger partial charge in [0, 0.05) is 18.3 Å². The van der Waals surface area contributed by atoms with E-state index < -0.39 is 12.1 Å². The van der Waals surface area contributed by atoms with Crippen LogP contribution in [-0.4, -0.2) is 35.1 Å². The summed E-state index contributed by atoms with van der Waals surface area (Å²) in [5.41, 5.74) is 3.95. The number of halogens is 1. The van der Waals surface area contributed by atoms with Crippen molar-refractivity contribution >= 4 is 35.1 Å². The molecular weight excluding hydrogens is 496 g/mol. The summed E-state index contributed by atoms with van der Waals surface area (Å²) in [6.07, 6.45) is 4.47. The van der Waals surface area contributed by atoms with Crippen molar-refractivity contribution in [2.45, 2.75) is 63.8 Å². The van der Waals surface area contributed by atoms with Crippen LogP contribution in [-0.2, 0) is 29.0 Å². The van der Waals surface area contributed by atoms with Crippen LogP contribution in [0.25, 0.3) is 0 Å². The van der Waals surface area contributed by atoms with Gasteiger partial charge in [-0.15, -0.1) is 11.3 Å². The van der Waals surface area contributed by atoms with Crippen molar-refractivity contribution in [1.29, 1.82) is 0 Å². The lowest BCUT2D eigenvalue weighted by Gasteiger charge is -2.25. The van der Waals surface area contributed by atoms with Crippen LogP contribution in [0.1, 0.15) is 42.2 Å². The van der Waals surface area contributed by atoms with Gasteiger partial charge in [-0.3, -0.25) is 9.78 Å². The van der Waals surface area contributed by atoms with Crippen LogP contribution in [0.4, 0.5) is 4.79 Å². The first-order chi connectivity index (χ1) is 17.6. The van der Waals surface area contributed by atoms with Crippen molar-refractivity contribution in [2.24, 2.45) is 0 Å². The van der Waals surface area contributed by atoms with Gasteiger partial charge in [-0.25, -0.2) is 9.63 Å². The van der Waals surface area contributed by atoms with E-state index in [0.717, 1.165) is 16.0 Å². The van der Waals surface area contributed by atoms with Crippen LogP contribution in [0.15, 0.2) is 72.4 Å². The Morgan fingerprint density at radius 1 is 0.944 bits per heavy atom. The normalized spacial score (nSPS) is 13.4. The zero-order chi connectivity index (χ0) is 25.6. The second kappa shape index (κ2) is 15.2. The first-order valence-corrected chi connectivity index (χ1v) is 13.4. The average Bonchev–Trinajstić information content (AvgIpc) is 3.42. The SMILES string of the molecule is CC[C@H](NCl)C(=O)N[C@H](CC[C@H](Cc1ccccc1)NC(=O)OCc1cncs1)Cc1ccccc1. The van der Waals surface area contributed by atoms with E-state index in [9.17, 15) is 9.59 Å². The van der Waals surface area contributed by atoms with Crippen LogP contribution in [0.3, 0.4) is 0 Å². The summed E-state index contributed by atoms with van der Waals surface area (Å²) in [4.78, 5) is 32.8. The second-order valence-electron chi connectivity index (χ2n) is 8.62. The summed E-state index contributed by atoms with van der Waals surface area (Å²) in [5, 5.41) is 6.17. The fraction of sp³-hybridized carbons (Fsp3) is 0.370. The monoisotopic (exact) mass is 528 g/mol. The standard InChI is InChI=1S/C27H33ClN4O3S/c1-2-25(32-28)26(33)30-22(15-20-9-5-3-6-10-20)13-14-23(16-21-11-7-4-8-12-21)31-27(34)35-18-24-17-29-19-36-24/h3-12,17,19,22-23,25,32H,2,13-16,18H2,1H3,(H,30,33)(H,31,34)/t22-,23-,25+/m1/s1. The number of nitrogens with one attached hydrogen (secondary N) is 3. The molecule has 7 nitrogen and oxygen atoms in total. The lowest BCUT2D eigenvalue weighted by atomic mass is 9.95. The van der Waals surface area contributed by atoms with Crippen molar-refractivity contribution < 1.29 is 14.3 Å². The maximum absolute atomic E-state index is 12.8. The number of ether oxygens (including phenoxy) is 1. The summed E-state index contributed by atoms with van der Waals surface area (Å²) in [6.45, 7) is 2.09. The molecule has 0 aliphatic carbocycles. The Morgan fingerprint density at radius 2 is 1.53 bits per heavy atom. The molecule has 3 N–H and O–H groups in total. The van der Waals surface area contributed by atoms with Crippen molar-refractivity contribution in [3.8, 4) is 0 Å². The number of benzene rings is 2. The molecule has 0 bridgehead atoms. The Labute approximate surface area is 221 Å². The molecule has 0 spiro atoms. The molecule has 9 heteroatoms. The van der Waals surface area contributed by atoms with Gasteiger partial charge in [0.05, 0.1) is 10.4 Å². The molecule has 192 valence electrons. The van der Waals surface area contributed by atoms with Crippen molar-refractivity contribution in [3.63, 3.8) is 0 Å². The van der Waals surface area contributed by atoms with Crippen LogP contribution in [0.5, 0.6) is 0 Å². The molecule has 0 aliphatic rings. The largest absolute Gasteiger partial charge is 0.444 e. The number of hydrogen-bond donors (Lipinski definition) is 3. The minimum absolute atomic E-state index is 0.118. The molecular formula is C27H33ClN4O3S. The van der Waals surface area contributed by atoms with Gasteiger partial charge in [0.1, 0.15) is 12.6 Å². The van der Waals surface area contributed by atoms with Gasteiger partial charge >= 0.3 is 6.09 Å². The smallest absolute Gasteiger partial charge is 0.407 e. The van der Waals surface area contributed by atoms with Crippen molar-refractivity contribution in [2.75, 3.05) is 0 Å². The maximum Gasteiger partial charge on any atom is 0.407 e. The number of rotatable bonds is 14. The van der Waals surface area contributed by atoms with Gasteiger partial charge in [-0.2, -0.15) is 0 Å². The fourth-order valence-electron chi connectivity index (χ4n) is 3.92. The van der Waals surface area contributed by atoms with Gasteiger partial charge in [0.15, 0.2) is 0 Å². The molecule has 0 saturated carbocycles. The van der Waals surface area contributed by atoms with Crippen molar-refractivity contribution in [3.05, 3.63) is 88.4 Å². The molecule has 1 heterocycles. The summed E-state index contributed by atoms with van der Waals surface area (Å²) < 4.78 is 5.41. The molecule has 2 amide bonds. The molecule has 2 aromatic carbocycles. The van der Waals surface area contributed by atoms with E-state index in [-0.39, 0.29) is 24.6 Å². The molecule has 3 rings (SSSR count). The molecule has 0 unspecified atom stereocenters. The second-order valence-corrected chi connectivity index (χ2v) is 9.81. The first-order valence-electron chi connectivity index (χ1n) is 12.1. The number of amides is 2. The highest BCUT2D eigenvalue weighted by atomic mass is 35.5. The molecule has 3 aromatic rings. The Morgan fingerprint density at radius 3 is 2.03 bits per heavy atom. The van der Waals surface area contributed by atoms with Gasteiger partial charge in [-0.1, -0.05) is 67.6 Å².